The maximum absolute atomic E-state index is 6.31. The molecule has 1 aromatic carbocycles. The Bertz CT molecular complexity index is 495. The normalized spacial score (nSPS) is 23.6. The van der Waals surface area contributed by atoms with Gasteiger partial charge in [0.05, 0.1) is 0 Å². The van der Waals surface area contributed by atoms with E-state index in [1.807, 2.05) is 12.3 Å². The lowest BCUT2D eigenvalue weighted by Crippen LogP contribution is -2.26. The Morgan fingerprint density at radius 2 is 2.00 bits per heavy atom. The number of rotatable bonds is 4. The van der Waals surface area contributed by atoms with Gasteiger partial charge < -0.3 is 5.73 Å². The molecule has 1 fully saturated rings. The third-order valence-electron chi connectivity index (χ3n) is 3.81. The molecule has 3 atom stereocenters. The SMILES string of the molecule is NC(Cc1cccnc1)C1CC1c1ccccc1. The largest absolute Gasteiger partial charge is 0.327 e. The Hall–Kier alpha value is -1.67. The average molecular weight is 238 g/mol. The highest BCUT2D eigenvalue weighted by molar-refractivity contribution is 5.27. The molecule has 1 aliphatic carbocycles. The summed E-state index contributed by atoms with van der Waals surface area (Å²) in [6, 6.07) is 15.0. The van der Waals surface area contributed by atoms with Crippen molar-refractivity contribution in [2.24, 2.45) is 11.7 Å². The van der Waals surface area contributed by atoms with E-state index >= 15 is 0 Å². The molecule has 1 heterocycles. The molecule has 92 valence electrons. The molecule has 0 amide bonds. The van der Waals surface area contributed by atoms with Crippen LogP contribution in [-0.2, 0) is 6.42 Å². The first kappa shape index (κ1) is 11.4. The summed E-state index contributed by atoms with van der Waals surface area (Å²) in [5.41, 5.74) is 8.98. The highest BCUT2D eigenvalue weighted by atomic mass is 14.7. The number of hydrogen-bond donors (Lipinski definition) is 1. The summed E-state index contributed by atoms with van der Waals surface area (Å²) in [7, 11) is 0. The first-order valence-corrected chi connectivity index (χ1v) is 6.54. The zero-order valence-corrected chi connectivity index (χ0v) is 10.4. The van der Waals surface area contributed by atoms with Crippen molar-refractivity contribution in [1.29, 1.82) is 0 Å². The van der Waals surface area contributed by atoms with Crippen molar-refractivity contribution < 1.29 is 0 Å². The third kappa shape index (κ3) is 2.44. The molecule has 0 saturated heterocycles. The molecule has 3 unspecified atom stereocenters. The summed E-state index contributed by atoms with van der Waals surface area (Å²) in [4.78, 5) is 4.14. The summed E-state index contributed by atoms with van der Waals surface area (Å²) >= 11 is 0. The summed E-state index contributed by atoms with van der Waals surface area (Å²) in [6.07, 6.45) is 5.88. The minimum atomic E-state index is 0.249. The van der Waals surface area contributed by atoms with Crippen LogP contribution in [-0.4, -0.2) is 11.0 Å². The van der Waals surface area contributed by atoms with Gasteiger partial charge in [-0.05, 0) is 41.9 Å². The molecule has 2 N–H and O–H groups in total. The highest BCUT2D eigenvalue weighted by Crippen LogP contribution is 2.49. The zero-order chi connectivity index (χ0) is 12.4. The van der Waals surface area contributed by atoms with Crippen molar-refractivity contribution in [3.05, 3.63) is 66.0 Å². The molecule has 2 nitrogen and oxygen atoms in total. The fraction of sp³-hybridized carbons (Fsp3) is 0.312. The lowest BCUT2D eigenvalue weighted by Gasteiger charge is -2.11. The van der Waals surface area contributed by atoms with E-state index in [-0.39, 0.29) is 6.04 Å². The minimum absolute atomic E-state index is 0.249. The lowest BCUT2D eigenvalue weighted by atomic mass is 10.0. The maximum atomic E-state index is 6.31. The Labute approximate surface area is 108 Å². The maximum Gasteiger partial charge on any atom is 0.0300 e. The zero-order valence-electron chi connectivity index (χ0n) is 10.4. The van der Waals surface area contributed by atoms with E-state index < -0.39 is 0 Å². The van der Waals surface area contributed by atoms with Crippen LogP contribution in [0, 0.1) is 5.92 Å². The second kappa shape index (κ2) is 4.91. The van der Waals surface area contributed by atoms with Crippen molar-refractivity contribution in [3.8, 4) is 0 Å². The fourth-order valence-electron chi connectivity index (χ4n) is 2.71. The van der Waals surface area contributed by atoms with Crippen LogP contribution in [0.15, 0.2) is 54.9 Å². The van der Waals surface area contributed by atoms with E-state index in [1.54, 1.807) is 6.20 Å². The van der Waals surface area contributed by atoms with Crippen LogP contribution in [0.25, 0.3) is 0 Å². The highest BCUT2D eigenvalue weighted by Gasteiger charge is 2.42. The Morgan fingerprint density at radius 3 is 2.72 bits per heavy atom. The van der Waals surface area contributed by atoms with Gasteiger partial charge in [0.2, 0.25) is 0 Å². The van der Waals surface area contributed by atoms with Crippen LogP contribution in [0.2, 0.25) is 0 Å². The van der Waals surface area contributed by atoms with Crippen LogP contribution in [0.1, 0.15) is 23.5 Å². The van der Waals surface area contributed by atoms with E-state index in [1.165, 1.54) is 17.5 Å². The minimum Gasteiger partial charge on any atom is -0.327 e. The van der Waals surface area contributed by atoms with E-state index in [9.17, 15) is 0 Å². The van der Waals surface area contributed by atoms with Crippen LogP contribution in [0.3, 0.4) is 0 Å². The van der Waals surface area contributed by atoms with E-state index in [4.69, 9.17) is 5.73 Å². The molecule has 1 aromatic heterocycles. The Kier molecular flexibility index (Phi) is 3.11. The van der Waals surface area contributed by atoms with Gasteiger partial charge in [0.1, 0.15) is 0 Å². The van der Waals surface area contributed by atoms with Gasteiger partial charge in [-0.3, -0.25) is 4.98 Å². The molecule has 1 saturated carbocycles. The van der Waals surface area contributed by atoms with Gasteiger partial charge in [-0.1, -0.05) is 36.4 Å². The summed E-state index contributed by atoms with van der Waals surface area (Å²) in [5.74, 6) is 1.30. The molecule has 2 heteroatoms. The second-order valence-electron chi connectivity index (χ2n) is 5.15. The van der Waals surface area contributed by atoms with Gasteiger partial charge in [0.25, 0.3) is 0 Å². The molecule has 2 aromatic rings. The fourth-order valence-corrected chi connectivity index (χ4v) is 2.71. The summed E-state index contributed by atoms with van der Waals surface area (Å²) in [5, 5.41) is 0. The standard InChI is InChI=1S/C16H18N2/c17-16(9-12-5-4-8-18-11-12)15-10-14(15)13-6-2-1-3-7-13/h1-8,11,14-16H,9-10,17H2. The molecule has 18 heavy (non-hydrogen) atoms. The monoisotopic (exact) mass is 238 g/mol. The second-order valence-corrected chi connectivity index (χ2v) is 5.15. The van der Waals surface area contributed by atoms with Crippen molar-refractivity contribution in [2.75, 3.05) is 0 Å². The number of pyridine rings is 1. The molecule has 0 radical (unpaired) electrons. The molecular formula is C16H18N2. The van der Waals surface area contributed by atoms with Crippen molar-refractivity contribution in [2.45, 2.75) is 24.8 Å². The molecule has 3 rings (SSSR count). The van der Waals surface area contributed by atoms with E-state index in [2.05, 4.69) is 41.4 Å². The third-order valence-corrected chi connectivity index (χ3v) is 3.81. The van der Waals surface area contributed by atoms with Gasteiger partial charge in [0, 0.05) is 18.4 Å². The first-order chi connectivity index (χ1) is 8.84. The van der Waals surface area contributed by atoms with Crippen molar-refractivity contribution in [3.63, 3.8) is 0 Å². The van der Waals surface area contributed by atoms with Gasteiger partial charge in [-0.25, -0.2) is 0 Å². The summed E-state index contributed by atoms with van der Waals surface area (Å²) < 4.78 is 0. The predicted molar refractivity (Wildman–Crippen MR) is 73.2 cm³/mol. The molecule has 0 aliphatic heterocycles. The van der Waals surface area contributed by atoms with Gasteiger partial charge in [-0.2, -0.15) is 0 Å². The predicted octanol–water partition coefficient (Wildman–Crippen LogP) is 2.76. The van der Waals surface area contributed by atoms with Crippen LogP contribution in [0.5, 0.6) is 0 Å². The van der Waals surface area contributed by atoms with Crippen LogP contribution >= 0.6 is 0 Å². The molecule has 1 aliphatic rings. The van der Waals surface area contributed by atoms with E-state index in [0.717, 1.165) is 6.42 Å². The topological polar surface area (TPSA) is 38.9 Å². The number of benzene rings is 1. The lowest BCUT2D eigenvalue weighted by molar-refractivity contribution is 0.577. The Balaban J connectivity index is 1.61. The Morgan fingerprint density at radius 1 is 1.17 bits per heavy atom. The molecular weight excluding hydrogens is 220 g/mol. The summed E-state index contributed by atoms with van der Waals surface area (Å²) in [6.45, 7) is 0. The number of nitrogens with two attached hydrogens (primary N) is 1. The van der Waals surface area contributed by atoms with Crippen LogP contribution in [0.4, 0.5) is 0 Å². The van der Waals surface area contributed by atoms with Crippen molar-refractivity contribution in [1.82, 2.24) is 4.98 Å². The molecule has 0 bridgehead atoms. The molecule has 0 spiro atoms. The van der Waals surface area contributed by atoms with Crippen LogP contribution < -0.4 is 5.73 Å². The average Bonchev–Trinajstić information content (AvgIpc) is 3.21. The van der Waals surface area contributed by atoms with Gasteiger partial charge >= 0.3 is 0 Å². The quantitative estimate of drug-likeness (QED) is 0.889. The van der Waals surface area contributed by atoms with Crippen molar-refractivity contribution >= 4 is 0 Å². The van der Waals surface area contributed by atoms with Gasteiger partial charge in [-0.15, -0.1) is 0 Å². The van der Waals surface area contributed by atoms with Gasteiger partial charge in [0.15, 0.2) is 0 Å². The first-order valence-electron chi connectivity index (χ1n) is 6.54. The smallest absolute Gasteiger partial charge is 0.0300 e. The number of hydrogen-bond acceptors (Lipinski definition) is 2. The van der Waals surface area contributed by atoms with E-state index in [0.29, 0.717) is 11.8 Å². The number of nitrogens with zero attached hydrogens (tertiary/aromatic N) is 1. The number of aromatic nitrogens is 1.